The fraction of sp³-hybridized carbons (Fsp3) is 0.286. The van der Waals surface area contributed by atoms with Gasteiger partial charge < -0.3 is 5.32 Å². The summed E-state index contributed by atoms with van der Waals surface area (Å²) in [6.07, 6.45) is 3.11. The molecule has 25 heavy (non-hydrogen) atoms. The van der Waals surface area contributed by atoms with Crippen molar-refractivity contribution in [3.63, 3.8) is 0 Å². The maximum Gasteiger partial charge on any atom is 0.225 e. The molecule has 2 aromatic rings. The molecule has 1 atom stereocenters. The molecule has 1 amide bonds. The zero-order valence-electron chi connectivity index (χ0n) is 14.6. The Balaban J connectivity index is 1.72. The minimum absolute atomic E-state index is 0.0821. The minimum Gasteiger partial charge on any atom is -0.349 e. The highest BCUT2D eigenvalue weighted by atomic mass is 16.2. The van der Waals surface area contributed by atoms with Gasteiger partial charge in [-0.25, -0.2) is 0 Å². The van der Waals surface area contributed by atoms with Gasteiger partial charge in [0.15, 0.2) is 5.78 Å². The number of Topliss-reactive ketones (excluding diaryl/α,β-unsaturated/α-hetero) is 1. The molecule has 0 radical (unpaired) electrons. The first-order valence-corrected chi connectivity index (χ1v) is 8.57. The van der Waals surface area contributed by atoms with Gasteiger partial charge in [-0.3, -0.25) is 14.6 Å². The van der Waals surface area contributed by atoms with Gasteiger partial charge in [0, 0.05) is 23.9 Å². The monoisotopic (exact) mass is 334 g/mol. The molecule has 0 aliphatic heterocycles. The van der Waals surface area contributed by atoms with Crippen molar-refractivity contribution in [2.24, 2.45) is 0 Å². The summed E-state index contributed by atoms with van der Waals surface area (Å²) in [7, 11) is 0. The lowest BCUT2D eigenvalue weighted by molar-refractivity contribution is -0.122. The quantitative estimate of drug-likeness (QED) is 0.905. The number of nitrogens with one attached hydrogen (secondary N) is 1. The Hall–Kier alpha value is -2.75. The predicted octanol–water partition coefficient (Wildman–Crippen LogP) is 3.77. The van der Waals surface area contributed by atoms with Crippen LogP contribution in [0.4, 0.5) is 0 Å². The Kier molecular flexibility index (Phi) is 5.08. The Morgan fingerprint density at radius 3 is 2.60 bits per heavy atom. The summed E-state index contributed by atoms with van der Waals surface area (Å²) in [4.78, 5) is 29.0. The molecule has 1 aromatic heterocycles. The smallest absolute Gasteiger partial charge is 0.225 e. The first kappa shape index (κ1) is 17.1. The van der Waals surface area contributed by atoms with Crippen molar-refractivity contribution >= 4 is 17.3 Å². The predicted molar refractivity (Wildman–Crippen MR) is 97.8 cm³/mol. The van der Waals surface area contributed by atoms with Gasteiger partial charge >= 0.3 is 0 Å². The fourth-order valence-corrected chi connectivity index (χ4v) is 3.14. The van der Waals surface area contributed by atoms with Crippen LogP contribution in [0.2, 0.25) is 0 Å². The van der Waals surface area contributed by atoms with Crippen molar-refractivity contribution in [1.29, 1.82) is 0 Å². The van der Waals surface area contributed by atoms with Crippen LogP contribution in [-0.2, 0) is 9.59 Å². The number of benzene rings is 1. The van der Waals surface area contributed by atoms with E-state index < -0.39 is 0 Å². The summed E-state index contributed by atoms with van der Waals surface area (Å²) in [5, 5.41) is 2.97. The highest BCUT2D eigenvalue weighted by Crippen LogP contribution is 2.33. The van der Waals surface area contributed by atoms with Crippen LogP contribution in [0.15, 0.2) is 54.2 Å². The molecule has 128 valence electrons. The van der Waals surface area contributed by atoms with E-state index in [1.807, 2.05) is 56.3 Å². The van der Waals surface area contributed by atoms with Gasteiger partial charge in [-0.05, 0) is 43.0 Å². The van der Waals surface area contributed by atoms with E-state index in [4.69, 9.17) is 0 Å². The molecule has 3 rings (SSSR count). The normalized spacial score (nSPS) is 15.4. The lowest BCUT2D eigenvalue weighted by Crippen LogP contribution is -2.27. The molecule has 0 saturated carbocycles. The molecule has 0 fully saturated rings. The molecule has 1 unspecified atom stereocenters. The number of pyridine rings is 1. The van der Waals surface area contributed by atoms with Crippen LogP contribution >= 0.6 is 0 Å². The van der Waals surface area contributed by atoms with Crippen LogP contribution in [0, 0.1) is 6.92 Å². The average molecular weight is 334 g/mol. The Morgan fingerprint density at radius 2 is 1.92 bits per heavy atom. The van der Waals surface area contributed by atoms with E-state index in [1.54, 1.807) is 6.20 Å². The summed E-state index contributed by atoms with van der Waals surface area (Å²) < 4.78 is 0. The second-order valence-corrected chi connectivity index (χ2v) is 6.45. The van der Waals surface area contributed by atoms with Crippen molar-refractivity contribution < 1.29 is 9.59 Å². The number of hydrogen-bond donors (Lipinski definition) is 1. The van der Waals surface area contributed by atoms with Gasteiger partial charge in [-0.15, -0.1) is 0 Å². The van der Waals surface area contributed by atoms with E-state index in [2.05, 4.69) is 10.3 Å². The van der Waals surface area contributed by atoms with Crippen molar-refractivity contribution in [2.75, 3.05) is 0 Å². The second kappa shape index (κ2) is 7.43. The zero-order chi connectivity index (χ0) is 17.8. The number of nitrogens with zero attached hydrogens (tertiary/aromatic N) is 1. The first-order valence-electron chi connectivity index (χ1n) is 8.57. The molecule has 1 aromatic carbocycles. The molecule has 1 aliphatic rings. The van der Waals surface area contributed by atoms with Gasteiger partial charge in [0.1, 0.15) is 0 Å². The number of ketones is 1. The van der Waals surface area contributed by atoms with Crippen LogP contribution in [0.1, 0.15) is 49.0 Å². The van der Waals surface area contributed by atoms with E-state index in [0.29, 0.717) is 18.4 Å². The third-order valence-electron chi connectivity index (χ3n) is 4.57. The van der Waals surface area contributed by atoms with Crippen molar-refractivity contribution in [3.05, 3.63) is 71.1 Å². The van der Waals surface area contributed by atoms with Crippen molar-refractivity contribution in [3.8, 4) is 0 Å². The summed E-state index contributed by atoms with van der Waals surface area (Å²) >= 11 is 0. The standard InChI is InChI=1S/C21H22N2O2/c1-14-8-9-17(13-22-14)15(2)23-21(25)12-19-18(10-11-20(19)24)16-6-4-3-5-7-16/h3-9,13,15H,10-12H2,1-2H3,(H,23,25). The molecule has 4 nitrogen and oxygen atoms in total. The Bertz CT molecular complexity index is 808. The molecule has 1 N–H and O–H groups in total. The largest absolute Gasteiger partial charge is 0.349 e. The van der Waals surface area contributed by atoms with E-state index in [-0.39, 0.29) is 24.2 Å². The molecule has 0 saturated heterocycles. The van der Waals surface area contributed by atoms with Crippen LogP contribution in [0.3, 0.4) is 0 Å². The second-order valence-electron chi connectivity index (χ2n) is 6.45. The van der Waals surface area contributed by atoms with E-state index in [9.17, 15) is 9.59 Å². The molecule has 1 aliphatic carbocycles. The van der Waals surface area contributed by atoms with Gasteiger partial charge in [0.25, 0.3) is 0 Å². The van der Waals surface area contributed by atoms with Crippen LogP contribution in [-0.4, -0.2) is 16.7 Å². The number of rotatable bonds is 5. The number of allylic oxidation sites excluding steroid dienone is 1. The van der Waals surface area contributed by atoms with Gasteiger partial charge in [0.2, 0.25) is 5.91 Å². The van der Waals surface area contributed by atoms with Crippen LogP contribution in [0.5, 0.6) is 0 Å². The molecule has 0 spiro atoms. The molecular formula is C21H22N2O2. The van der Waals surface area contributed by atoms with E-state index in [1.165, 1.54) is 0 Å². The third-order valence-corrected chi connectivity index (χ3v) is 4.57. The summed E-state index contributed by atoms with van der Waals surface area (Å²) in [6.45, 7) is 3.85. The fourth-order valence-electron chi connectivity index (χ4n) is 3.14. The van der Waals surface area contributed by atoms with Gasteiger partial charge in [-0.2, -0.15) is 0 Å². The third kappa shape index (κ3) is 4.02. The summed E-state index contributed by atoms with van der Waals surface area (Å²) in [5.74, 6) is -0.0505. The Morgan fingerprint density at radius 1 is 1.16 bits per heavy atom. The number of hydrogen-bond acceptors (Lipinski definition) is 3. The van der Waals surface area contributed by atoms with Crippen LogP contribution < -0.4 is 5.32 Å². The molecule has 1 heterocycles. The minimum atomic E-state index is -0.141. The van der Waals surface area contributed by atoms with E-state index >= 15 is 0 Å². The van der Waals surface area contributed by atoms with Crippen molar-refractivity contribution in [1.82, 2.24) is 10.3 Å². The Labute approximate surface area is 148 Å². The number of carbonyl (C=O) groups excluding carboxylic acids is 2. The maximum atomic E-state index is 12.5. The number of aromatic nitrogens is 1. The van der Waals surface area contributed by atoms with E-state index in [0.717, 1.165) is 22.4 Å². The van der Waals surface area contributed by atoms with Crippen LogP contribution in [0.25, 0.3) is 5.57 Å². The first-order chi connectivity index (χ1) is 12.0. The highest BCUT2D eigenvalue weighted by molar-refractivity contribution is 6.10. The molecule has 4 heteroatoms. The maximum absolute atomic E-state index is 12.5. The van der Waals surface area contributed by atoms with Gasteiger partial charge in [-0.1, -0.05) is 36.4 Å². The summed E-state index contributed by atoms with van der Waals surface area (Å²) in [5.41, 5.74) is 4.58. The lowest BCUT2D eigenvalue weighted by Gasteiger charge is -2.15. The SMILES string of the molecule is Cc1ccc(C(C)NC(=O)CC2=C(c3ccccc3)CCC2=O)cn1. The van der Waals surface area contributed by atoms with Crippen molar-refractivity contribution in [2.45, 2.75) is 39.2 Å². The molecule has 0 bridgehead atoms. The number of carbonyl (C=O) groups is 2. The molecular weight excluding hydrogens is 312 g/mol. The number of amides is 1. The zero-order valence-corrected chi connectivity index (χ0v) is 14.6. The highest BCUT2D eigenvalue weighted by Gasteiger charge is 2.26. The number of aryl methyl sites for hydroxylation is 1. The van der Waals surface area contributed by atoms with Gasteiger partial charge in [0.05, 0.1) is 12.5 Å². The average Bonchev–Trinajstić information content (AvgIpc) is 2.97. The summed E-state index contributed by atoms with van der Waals surface area (Å²) in [6, 6.07) is 13.6. The topological polar surface area (TPSA) is 59.1 Å². The lowest BCUT2D eigenvalue weighted by atomic mass is 9.99.